The predicted molar refractivity (Wildman–Crippen MR) is 62.0 cm³/mol. The van der Waals surface area contributed by atoms with Crippen molar-refractivity contribution in [3.63, 3.8) is 0 Å². The van der Waals surface area contributed by atoms with Crippen LogP contribution in [0.1, 0.15) is 25.5 Å². The van der Waals surface area contributed by atoms with Crippen LogP contribution in [0, 0.1) is 0 Å². The Morgan fingerprint density at radius 2 is 2.06 bits per heavy atom. The molecule has 0 saturated carbocycles. The fourth-order valence-corrected chi connectivity index (χ4v) is 1.91. The van der Waals surface area contributed by atoms with Gasteiger partial charge in [-0.25, -0.2) is 8.78 Å². The van der Waals surface area contributed by atoms with Crippen molar-refractivity contribution in [1.82, 2.24) is 4.98 Å². The van der Waals surface area contributed by atoms with E-state index in [1.165, 1.54) is 0 Å². The van der Waals surface area contributed by atoms with Crippen LogP contribution in [-0.2, 0) is 0 Å². The standard InChI is InChI=1S/C12H16F2N2O/c1-8(2)11-10(17-3)4-9(5-15-11)16-6-12(13,14)7-16/h4-5,8H,6-7H2,1-3H3. The Bertz CT molecular complexity index is 413. The molecule has 0 aromatic carbocycles. The van der Waals surface area contributed by atoms with Gasteiger partial charge < -0.3 is 9.64 Å². The number of nitrogens with zero attached hydrogens (tertiary/aromatic N) is 2. The monoisotopic (exact) mass is 242 g/mol. The van der Waals surface area contributed by atoms with Crippen LogP contribution in [0.5, 0.6) is 5.75 Å². The van der Waals surface area contributed by atoms with E-state index in [-0.39, 0.29) is 19.0 Å². The Hall–Kier alpha value is -1.39. The first-order valence-corrected chi connectivity index (χ1v) is 5.59. The van der Waals surface area contributed by atoms with Crippen molar-refractivity contribution in [2.75, 3.05) is 25.1 Å². The number of ether oxygens (including phenoxy) is 1. The summed E-state index contributed by atoms with van der Waals surface area (Å²) < 4.78 is 30.8. The first-order valence-electron chi connectivity index (χ1n) is 5.59. The van der Waals surface area contributed by atoms with Crippen LogP contribution in [0.2, 0.25) is 0 Å². The van der Waals surface area contributed by atoms with Gasteiger partial charge in [0.1, 0.15) is 5.75 Å². The van der Waals surface area contributed by atoms with Gasteiger partial charge in [-0.15, -0.1) is 0 Å². The van der Waals surface area contributed by atoms with Crippen molar-refractivity contribution < 1.29 is 13.5 Å². The number of alkyl halides is 2. The zero-order chi connectivity index (χ0) is 12.6. The van der Waals surface area contributed by atoms with Crippen molar-refractivity contribution in [3.05, 3.63) is 18.0 Å². The smallest absolute Gasteiger partial charge is 0.282 e. The number of pyridine rings is 1. The molecule has 1 aromatic rings. The van der Waals surface area contributed by atoms with Crippen LogP contribution in [0.4, 0.5) is 14.5 Å². The SMILES string of the molecule is COc1cc(N2CC(F)(F)C2)cnc1C(C)C. The fourth-order valence-electron chi connectivity index (χ4n) is 1.91. The van der Waals surface area contributed by atoms with Gasteiger partial charge in [-0.1, -0.05) is 13.8 Å². The number of halogens is 2. The lowest BCUT2D eigenvalue weighted by Crippen LogP contribution is -2.56. The molecule has 1 aliphatic heterocycles. The Morgan fingerprint density at radius 1 is 1.41 bits per heavy atom. The van der Waals surface area contributed by atoms with Gasteiger partial charge in [0, 0.05) is 6.07 Å². The maximum absolute atomic E-state index is 12.8. The van der Waals surface area contributed by atoms with Crippen molar-refractivity contribution in [1.29, 1.82) is 0 Å². The number of hydrogen-bond donors (Lipinski definition) is 0. The molecule has 0 radical (unpaired) electrons. The molecule has 0 atom stereocenters. The van der Waals surface area contributed by atoms with Crippen LogP contribution in [-0.4, -0.2) is 31.1 Å². The molecule has 3 nitrogen and oxygen atoms in total. The summed E-state index contributed by atoms with van der Waals surface area (Å²) in [6.07, 6.45) is 1.63. The number of methoxy groups -OCH3 is 1. The Morgan fingerprint density at radius 3 is 2.53 bits per heavy atom. The van der Waals surface area contributed by atoms with E-state index in [0.717, 1.165) is 5.69 Å². The van der Waals surface area contributed by atoms with Gasteiger partial charge in [0.05, 0.1) is 37.8 Å². The molecule has 0 spiro atoms. The molecule has 1 aliphatic rings. The Balaban J connectivity index is 2.21. The Labute approximate surface area is 99.4 Å². The van der Waals surface area contributed by atoms with Gasteiger partial charge >= 0.3 is 0 Å². The summed E-state index contributed by atoms with van der Waals surface area (Å²) in [6.45, 7) is 3.56. The van der Waals surface area contributed by atoms with Crippen LogP contribution in [0.3, 0.4) is 0 Å². The zero-order valence-corrected chi connectivity index (χ0v) is 10.2. The van der Waals surface area contributed by atoms with E-state index >= 15 is 0 Å². The van der Waals surface area contributed by atoms with Gasteiger partial charge in [0.25, 0.3) is 5.92 Å². The van der Waals surface area contributed by atoms with Crippen molar-refractivity contribution in [2.45, 2.75) is 25.7 Å². The lowest BCUT2D eigenvalue weighted by molar-refractivity contribution is -0.0263. The quantitative estimate of drug-likeness (QED) is 0.814. The van der Waals surface area contributed by atoms with Gasteiger partial charge in [0.2, 0.25) is 0 Å². The van der Waals surface area contributed by atoms with Crippen molar-refractivity contribution in [2.24, 2.45) is 0 Å². The van der Waals surface area contributed by atoms with Crippen molar-refractivity contribution in [3.8, 4) is 5.75 Å². The van der Waals surface area contributed by atoms with E-state index in [1.54, 1.807) is 24.3 Å². The van der Waals surface area contributed by atoms with E-state index in [4.69, 9.17) is 4.74 Å². The fraction of sp³-hybridized carbons (Fsp3) is 0.583. The van der Waals surface area contributed by atoms with Gasteiger partial charge in [-0.05, 0) is 5.92 Å². The van der Waals surface area contributed by atoms with E-state index in [1.807, 2.05) is 13.8 Å². The topological polar surface area (TPSA) is 25.4 Å². The molecule has 1 fully saturated rings. The highest BCUT2D eigenvalue weighted by Crippen LogP contribution is 2.34. The molecule has 0 bridgehead atoms. The molecule has 5 heteroatoms. The second-order valence-electron chi connectivity index (χ2n) is 4.65. The first-order chi connectivity index (χ1) is 7.93. The highest BCUT2D eigenvalue weighted by atomic mass is 19.3. The normalized spacial score (nSPS) is 18.1. The largest absolute Gasteiger partial charge is 0.495 e. The predicted octanol–water partition coefficient (Wildman–Crippen LogP) is 2.67. The maximum Gasteiger partial charge on any atom is 0.282 e. The second-order valence-corrected chi connectivity index (χ2v) is 4.65. The highest BCUT2D eigenvalue weighted by molar-refractivity contribution is 5.53. The van der Waals surface area contributed by atoms with Gasteiger partial charge in [-0.2, -0.15) is 0 Å². The van der Waals surface area contributed by atoms with Crippen LogP contribution >= 0.6 is 0 Å². The lowest BCUT2D eigenvalue weighted by Gasteiger charge is -2.40. The molecule has 0 N–H and O–H groups in total. The van der Waals surface area contributed by atoms with Crippen LogP contribution in [0.25, 0.3) is 0 Å². The van der Waals surface area contributed by atoms with E-state index in [9.17, 15) is 8.78 Å². The molecular weight excluding hydrogens is 226 g/mol. The highest BCUT2D eigenvalue weighted by Gasteiger charge is 2.44. The van der Waals surface area contributed by atoms with Crippen LogP contribution < -0.4 is 9.64 Å². The first kappa shape index (κ1) is 12.1. The molecule has 0 amide bonds. The van der Waals surface area contributed by atoms with E-state index < -0.39 is 5.92 Å². The maximum atomic E-state index is 12.8. The molecule has 0 aliphatic carbocycles. The van der Waals surface area contributed by atoms with Crippen LogP contribution in [0.15, 0.2) is 12.3 Å². The molecule has 2 heterocycles. The number of hydrogen-bond acceptors (Lipinski definition) is 3. The second kappa shape index (κ2) is 4.13. The molecule has 1 aromatic heterocycles. The molecule has 1 saturated heterocycles. The molecular formula is C12H16F2N2O. The summed E-state index contributed by atoms with van der Waals surface area (Å²) in [5.74, 6) is -1.66. The number of anilines is 1. The summed E-state index contributed by atoms with van der Waals surface area (Å²) in [5, 5.41) is 0. The third-order valence-corrected chi connectivity index (χ3v) is 2.84. The molecule has 0 unspecified atom stereocenters. The summed E-state index contributed by atoms with van der Waals surface area (Å²) >= 11 is 0. The summed E-state index contributed by atoms with van der Waals surface area (Å²) in [5.41, 5.74) is 1.54. The average Bonchev–Trinajstić information content (AvgIpc) is 2.24. The molecule has 17 heavy (non-hydrogen) atoms. The third kappa shape index (κ3) is 2.33. The lowest BCUT2D eigenvalue weighted by atomic mass is 10.1. The van der Waals surface area contributed by atoms with Crippen molar-refractivity contribution >= 4 is 5.69 Å². The third-order valence-electron chi connectivity index (χ3n) is 2.84. The minimum atomic E-state index is -2.57. The Kier molecular flexibility index (Phi) is 2.93. The van der Waals surface area contributed by atoms with E-state index in [0.29, 0.717) is 11.4 Å². The number of rotatable bonds is 3. The summed E-state index contributed by atoms with van der Waals surface area (Å²) in [6, 6.07) is 1.78. The van der Waals surface area contributed by atoms with Gasteiger partial charge in [-0.3, -0.25) is 4.98 Å². The number of aromatic nitrogens is 1. The molecule has 2 rings (SSSR count). The summed E-state index contributed by atoms with van der Waals surface area (Å²) in [4.78, 5) is 5.88. The minimum Gasteiger partial charge on any atom is -0.495 e. The van der Waals surface area contributed by atoms with Gasteiger partial charge in [0.15, 0.2) is 0 Å². The minimum absolute atomic E-state index is 0.237. The average molecular weight is 242 g/mol. The summed E-state index contributed by atoms with van der Waals surface area (Å²) in [7, 11) is 1.57. The van der Waals surface area contributed by atoms with E-state index in [2.05, 4.69) is 4.98 Å². The molecule has 94 valence electrons. The zero-order valence-electron chi connectivity index (χ0n) is 10.2.